The molecule has 2 atom stereocenters. The number of nitrogens with zero attached hydrogens (tertiary/aromatic N) is 1. The van der Waals surface area contributed by atoms with Gasteiger partial charge >= 0.3 is 0 Å². The SMILES string of the molecule is COC1CCCC1NC1=NCC2(CCCCC2)CS1. The van der Waals surface area contributed by atoms with E-state index >= 15 is 0 Å². The smallest absolute Gasteiger partial charge is 0.156 e. The first-order chi connectivity index (χ1) is 9.31. The fourth-order valence-corrected chi connectivity index (χ4v) is 4.99. The molecule has 0 amide bonds. The average molecular weight is 282 g/mol. The fourth-order valence-electron chi connectivity index (χ4n) is 3.78. The second kappa shape index (κ2) is 6.04. The second-order valence-electron chi connectivity index (χ2n) is 6.43. The van der Waals surface area contributed by atoms with Crippen molar-refractivity contribution in [1.82, 2.24) is 5.32 Å². The number of ether oxygens (including phenoxy) is 1. The summed E-state index contributed by atoms with van der Waals surface area (Å²) in [5.74, 6) is 1.27. The van der Waals surface area contributed by atoms with Crippen LogP contribution in [0, 0.1) is 5.41 Å². The second-order valence-corrected chi connectivity index (χ2v) is 7.39. The van der Waals surface area contributed by atoms with Crippen molar-refractivity contribution in [2.24, 2.45) is 10.4 Å². The third kappa shape index (κ3) is 3.10. The summed E-state index contributed by atoms with van der Waals surface area (Å²) in [5, 5.41) is 4.80. The Kier molecular flexibility index (Phi) is 4.37. The highest BCUT2D eigenvalue weighted by molar-refractivity contribution is 8.13. The minimum atomic E-state index is 0.383. The van der Waals surface area contributed by atoms with Gasteiger partial charge in [-0.1, -0.05) is 31.0 Å². The molecule has 2 unspecified atom stereocenters. The van der Waals surface area contributed by atoms with Crippen LogP contribution in [0.2, 0.25) is 0 Å². The zero-order valence-electron chi connectivity index (χ0n) is 12.0. The Bertz CT molecular complexity index is 339. The number of rotatable bonds is 2. The Balaban J connectivity index is 1.55. The summed E-state index contributed by atoms with van der Waals surface area (Å²) in [7, 11) is 1.83. The molecule has 3 nitrogen and oxygen atoms in total. The van der Waals surface area contributed by atoms with E-state index in [-0.39, 0.29) is 0 Å². The van der Waals surface area contributed by atoms with E-state index in [0.29, 0.717) is 17.6 Å². The molecule has 3 rings (SSSR count). The van der Waals surface area contributed by atoms with Gasteiger partial charge in [0.15, 0.2) is 5.17 Å². The van der Waals surface area contributed by atoms with Crippen LogP contribution >= 0.6 is 11.8 Å². The van der Waals surface area contributed by atoms with Crippen LogP contribution in [-0.2, 0) is 4.74 Å². The average Bonchev–Trinajstić information content (AvgIpc) is 2.90. The van der Waals surface area contributed by atoms with E-state index in [9.17, 15) is 0 Å². The Labute approximate surface area is 121 Å². The van der Waals surface area contributed by atoms with E-state index in [1.165, 1.54) is 62.3 Å². The topological polar surface area (TPSA) is 33.6 Å². The van der Waals surface area contributed by atoms with Gasteiger partial charge < -0.3 is 10.1 Å². The molecule has 0 aromatic rings. The lowest BCUT2D eigenvalue weighted by molar-refractivity contribution is 0.0909. The van der Waals surface area contributed by atoms with E-state index in [1.807, 2.05) is 18.9 Å². The van der Waals surface area contributed by atoms with E-state index in [0.717, 1.165) is 6.54 Å². The fraction of sp³-hybridized carbons (Fsp3) is 0.933. The lowest BCUT2D eigenvalue weighted by Gasteiger charge is -2.39. The summed E-state index contributed by atoms with van der Waals surface area (Å²) < 4.78 is 5.55. The molecule has 0 bridgehead atoms. The molecule has 2 saturated carbocycles. The van der Waals surface area contributed by atoms with Crippen molar-refractivity contribution in [2.45, 2.75) is 63.5 Å². The standard InChI is InChI=1S/C15H26N2OS/c1-18-13-7-5-6-12(13)17-14-16-10-15(11-19-14)8-3-2-4-9-15/h12-13H,2-11H2,1H3,(H,16,17). The highest BCUT2D eigenvalue weighted by atomic mass is 32.2. The number of thioether (sulfide) groups is 1. The van der Waals surface area contributed by atoms with Crippen LogP contribution in [0.4, 0.5) is 0 Å². The molecular formula is C15H26N2OS. The van der Waals surface area contributed by atoms with Gasteiger partial charge in [-0.2, -0.15) is 0 Å². The zero-order valence-corrected chi connectivity index (χ0v) is 12.8. The van der Waals surface area contributed by atoms with Crippen molar-refractivity contribution in [3.8, 4) is 0 Å². The van der Waals surface area contributed by atoms with E-state index in [2.05, 4.69) is 5.32 Å². The van der Waals surface area contributed by atoms with E-state index < -0.39 is 0 Å². The Morgan fingerprint density at radius 2 is 2.05 bits per heavy atom. The monoisotopic (exact) mass is 282 g/mol. The van der Waals surface area contributed by atoms with Gasteiger partial charge in [0.05, 0.1) is 12.1 Å². The molecule has 0 aromatic carbocycles. The number of amidine groups is 1. The molecule has 108 valence electrons. The summed E-state index contributed by atoms with van der Waals surface area (Å²) in [4.78, 5) is 4.85. The van der Waals surface area contributed by atoms with Gasteiger partial charge in [0.2, 0.25) is 0 Å². The molecule has 1 N–H and O–H groups in total. The van der Waals surface area contributed by atoms with E-state index in [1.54, 1.807) is 0 Å². The first-order valence-corrected chi connectivity index (χ1v) is 8.76. The van der Waals surface area contributed by atoms with E-state index in [4.69, 9.17) is 9.73 Å². The van der Waals surface area contributed by atoms with Crippen molar-refractivity contribution in [1.29, 1.82) is 0 Å². The van der Waals surface area contributed by atoms with Gasteiger partial charge in [0.1, 0.15) is 0 Å². The summed E-state index contributed by atoms with van der Waals surface area (Å²) in [6, 6.07) is 0.483. The molecule has 1 heterocycles. The van der Waals surface area contributed by atoms with Crippen LogP contribution in [0.25, 0.3) is 0 Å². The normalized spacial score (nSPS) is 34.3. The van der Waals surface area contributed by atoms with Gasteiger partial charge in [0, 0.05) is 19.4 Å². The first-order valence-electron chi connectivity index (χ1n) is 7.78. The van der Waals surface area contributed by atoms with Crippen molar-refractivity contribution in [2.75, 3.05) is 19.4 Å². The molecule has 3 aliphatic rings. The van der Waals surface area contributed by atoms with Crippen LogP contribution in [0.3, 0.4) is 0 Å². The number of hydrogen-bond donors (Lipinski definition) is 1. The highest BCUT2D eigenvalue weighted by Crippen LogP contribution is 2.41. The van der Waals surface area contributed by atoms with Crippen molar-refractivity contribution in [3.63, 3.8) is 0 Å². The maximum absolute atomic E-state index is 5.55. The summed E-state index contributed by atoms with van der Waals surface area (Å²) >= 11 is 1.95. The Hall–Kier alpha value is -0.220. The summed E-state index contributed by atoms with van der Waals surface area (Å²) in [6.45, 7) is 1.05. The lowest BCUT2D eigenvalue weighted by atomic mass is 9.75. The number of hydrogen-bond acceptors (Lipinski definition) is 4. The molecule has 1 spiro atoms. The highest BCUT2D eigenvalue weighted by Gasteiger charge is 2.36. The third-order valence-electron chi connectivity index (χ3n) is 5.05. The summed E-state index contributed by atoms with van der Waals surface area (Å²) in [6.07, 6.45) is 11.1. The maximum atomic E-state index is 5.55. The molecule has 0 saturated heterocycles. The third-order valence-corrected chi connectivity index (χ3v) is 6.33. The molecule has 1 aliphatic heterocycles. The first kappa shape index (κ1) is 13.7. The molecular weight excluding hydrogens is 256 g/mol. The molecule has 19 heavy (non-hydrogen) atoms. The van der Waals surface area contributed by atoms with Gasteiger partial charge in [-0.15, -0.1) is 0 Å². The predicted molar refractivity (Wildman–Crippen MR) is 81.8 cm³/mol. The molecule has 2 fully saturated rings. The molecule has 0 radical (unpaired) electrons. The van der Waals surface area contributed by atoms with Crippen LogP contribution in [-0.4, -0.2) is 36.7 Å². The number of nitrogens with one attached hydrogen (secondary N) is 1. The van der Waals surface area contributed by atoms with Crippen LogP contribution in [0.5, 0.6) is 0 Å². The minimum Gasteiger partial charge on any atom is -0.379 e. The Morgan fingerprint density at radius 1 is 1.21 bits per heavy atom. The van der Waals surface area contributed by atoms with Gasteiger partial charge in [0.25, 0.3) is 0 Å². The molecule has 4 heteroatoms. The van der Waals surface area contributed by atoms with Crippen molar-refractivity contribution >= 4 is 16.9 Å². The van der Waals surface area contributed by atoms with Gasteiger partial charge in [-0.05, 0) is 37.5 Å². The predicted octanol–water partition coefficient (Wildman–Crippen LogP) is 3.20. The zero-order chi connectivity index (χ0) is 13.1. The molecule has 2 aliphatic carbocycles. The lowest BCUT2D eigenvalue weighted by Crippen LogP contribution is -2.43. The number of methoxy groups -OCH3 is 1. The van der Waals surface area contributed by atoms with Gasteiger partial charge in [-0.25, -0.2) is 0 Å². The summed E-state index contributed by atoms with van der Waals surface area (Å²) in [5.41, 5.74) is 0.532. The van der Waals surface area contributed by atoms with Crippen molar-refractivity contribution in [3.05, 3.63) is 0 Å². The van der Waals surface area contributed by atoms with Crippen molar-refractivity contribution < 1.29 is 4.74 Å². The van der Waals surface area contributed by atoms with Gasteiger partial charge in [-0.3, -0.25) is 4.99 Å². The minimum absolute atomic E-state index is 0.383. The van der Waals surface area contributed by atoms with Crippen LogP contribution in [0.1, 0.15) is 51.4 Å². The maximum Gasteiger partial charge on any atom is 0.156 e. The molecule has 0 aromatic heterocycles. The number of aliphatic imine (C=N–C) groups is 1. The quantitative estimate of drug-likeness (QED) is 0.844. The van der Waals surface area contributed by atoms with Crippen LogP contribution < -0.4 is 5.32 Å². The van der Waals surface area contributed by atoms with Crippen LogP contribution in [0.15, 0.2) is 4.99 Å². The largest absolute Gasteiger partial charge is 0.379 e. The Morgan fingerprint density at radius 3 is 2.74 bits per heavy atom.